The first kappa shape index (κ1) is 15.7. The standard InChI is InChI=1S/C17H20BrN5O/c1-3-11-4-21-17(22-5-11)23-8-12-13(9-23)16(12)10(2)24-15-7-19-14(18)6-20-15/h4-7,10,12-13,16H,3,8-9H2,1-2H3. The molecule has 2 aromatic rings. The van der Waals surface area contributed by atoms with Crippen molar-refractivity contribution in [3.8, 4) is 5.88 Å². The highest BCUT2D eigenvalue weighted by Gasteiger charge is 2.59. The molecule has 0 N–H and O–H groups in total. The van der Waals surface area contributed by atoms with Crippen LogP contribution in [0.1, 0.15) is 19.4 Å². The number of aromatic nitrogens is 4. The normalized spacial score (nSPS) is 26.1. The second kappa shape index (κ2) is 6.27. The van der Waals surface area contributed by atoms with Crippen molar-refractivity contribution in [3.63, 3.8) is 0 Å². The fraction of sp³-hybridized carbons (Fsp3) is 0.529. The van der Waals surface area contributed by atoms with Crippen LogP contribution in [0.5, 0.6) is 5.88 Å². The van der Waals surface area contributed by atoms with E-state index in [9.17, 15) is 0 Å². The molecule has 1 saturated carbocycles. The molecule has 0 amide bonds. The van der Waals surface area contributed by atoms with Crippen LogP contribution >= 0.6 is 15.9 Å². The van der Waals surface area contributed by atoms with Gasteiger partial charge in [0, 0.05) is 31.4 Å². The van der Waals surface area contributed by atoms with E-state index in [-0.39, 0.29) is 6.10 Å². The molecule has 126 valence electrons. The predicted molar refractivity (Wildman–Crippen MR) is 93.9 cm³/mol. The van der Waals surface area contributed by atoms with Crippen LogP contribution in [0, 0.1) is 17.8 Å². The number of rotatable bonds is 5. The summed E-state index contributed by atoms with van der Waals surface area (Å²) in [7, 11) is 0. The van der Waals surface area contributed by atoms with Crippen LogP contribution in [0.3, 0.4) is 0 Å². The van der Waals surface area contributed by atoms with Crippen molar-refractivity contribution in [2.45, 2.75) is 26.4 Å². The molecule has 1 aliphatic carbocycles. The predicted octanol–water partition coefficient (Wildman–Crippen LogP) is 2.74. The molecule has 3 unspecified atom stereocenters. The smallest absolute Gasteiger partial charge is 0.232 e. The lowest BCUT2D eigenvalue weighted by Gasteiger charge is -2.22. The van der Waals surface area contributed by atoms with E-state index < -0.39 is 0 Å². The van der Waals surface area contributed by atoms with E-state index in [0.29, 0.717) is 23.6 Å². The number of anilines is 1. The number of piperidine rings is 1. The first-order chi connectivity index (χ1) is 11.7. The Labute approximate surface area is 149 Å². The van der Waals surface area contributed by atoms with Gasteiger partial charge in [0.25, 0.3) is 0 Å². The molecule has 6 nitrogen and oxygen atoms in total. The Bertz CT molecular complexity index is 696. The van der Waals surface area contributed by atoms with Crippen LogP contribution in [-0.2, 0) is 6.42 Å². The van der Waals surface area contributed by atoms with Crippen LogP contribution in [0.2, 0.25) is 0 Å². The minimum atomic E-state index is 0.154. The van der Waals surface area contributed by atoms with E-state index in [0.717, 1.165) is 30.1 Å². The van der Waals surface area contributed by atoms with Gasteiger partial charge in [-0.2, -0.15) is 0 Å². The lowest BCUT2D eigenvalue weighted by Crippen LogP contribution is -2.29. The van der Waals surface area contributed by atoms with Gasteiger partial charge in [0.05, 0.1) is 12.4 Å². The Morgan fingerprint density at radius 1 is 1.12 bits per heavy atom. The van der Waals surface area contributed by atoms with Crippen LogP contribution in [0.25, 0.3) is 0 Å². The first-order valence-electron chi connectivity index (χ1n) is 8.35. The van der Waals surface area contributed by atoms with E-state index in [1.54, 1.807) is 12.4 Å². The van der Waals surface area contributed by atoms with Crippen molar-refractivity contribution >= 4 is 21.9 Å². The Kier molecular flexibility index (Phi) is 4.12. The fourth-order valence-corrected chi connectivity index (χ4v) is 3.96. The maximum absolute atomic E-state index is 5.96. The minimum Gasteiger partial charge on any atom is -0.473 e. The molecule has 3 atom stereocenters. The first-order valence-corrected chi connectivity index (χ1v) is 9.15. The van der Waals surface area contributed by atoms with Crippen LogP contribution in [-0.4, -0.2) is 39.1 Å². The molecule has 2 fully saturated rings. The van der Waals surface area contributed by atoms with Gasteiger partial charge in [-0.3, -0.25) is 0 Å². The maximum atomic E-state index is 5.96. The Balaban J connectivity index is 1.33. The van der Waals surface area contributed by atoms with E-state index in [4.69, 9.17) is 4.74 Å². The molecule has 2 aromatic heterocycles. The van der Waals surface area contributed by atoms with Gasteiger partial charge in [-0.05, 0) is 46.7 Å². The van der Waals surface area contributed by atoms with Gasteiger partial charge < -0.3 is 9.64 Å². The van der Waals surface area contributed by atoms with E-state index in [1.165, 1.54) is 5.56 Å². The molecule has 0 bridgehead atoms. The van der Waals surface area contributed by atoms with E-state index in [2.05, 4.69) is 54.6 Å². The lowest BCUT2D eigenvalue weighted by atomic mass is 10.1. The summed E-state index contributed by atoms with van der Waals surface area (Å²) in [6.07, 6.45) is 8.31. The zero-order valence-corrected chi connectivity index (χ0v) is 15.3. The zero-order chi connectivity index (χ0) is 16.7. The lowest BCUT2D eigenvalue weighted by molar-refractivity contribution is 0.175. The molecule has 1 aliphatic heterocycles. The van der Waals surface area contributed by atoms with Crippen molar-refractivity contribution in [3.05, 3.63) is 35.0 Å². The quantitative estimate of drug-likeness (QED) is 0.783. The number of fused-ring (bicyclic) bond motifs is 1. The number of aryl methyl sites for hydroxylation is 1. The summed E-state index contributed by atoms with van der Waals surface area (Å²) in [5.41, 5.74) is 1.18. The second-order valence-electron chi connectivity index (χ2n) is 6.56. The molecule has 1 saturated heterocycles. The molecule has 4 rings (SSSR count). The number of hydrogen-bond donors (Lipinski definition) is 0. The van der Waals surface area contributed by atoms with Crippen molar-refractivity contribution in [1.29, 1.82) is 0 Å². The highest BCUT2D eigenvalue weighted by Crippen LogP contribution is 2.54. The molecule has 0 radical (unpaired) electrons. The van der Waals surface area contributed by atoms with E-state index >= 15 is 0 Å². The van der Waals surface area contributed by atoms with Gasteiger partial charge in [0.2, 0.25) is 11.8 Å². The SMILES string of the molecule is CCc1cnc(N2CC3C(C2)C3C(C)Oc2cnc(Br)cn2)nc1. The zero-order valence-electron chi connectivity index (χ0n) is 13.8. The minimum absolute atomic E-state index is 0.154. The molecule has 7 heteroatoms. The summed E-state index contributed by atoms with van der Waals surface area (Å²) in [4.78, 5) is 19.7. The highest BCUT2D eigenvalue weighted by molar-refractivity contribution is 9.10. The van der Waals surface area contributed by atoms with Crippen LogP contribution < -0.4 is 9.64 Å². The molecule has 0 spiro atoms. The van der Waals surface area contributed by atoms with Crippen molar-refractivity contribution in [1.82, 2.24) is 19.9 Å². The van der Waals surface area contributed by atoms with Gasteiger partial charge in [0.15, 0.2) is 0 Å². The third-order valence-corrected chi connectivity index (χ3v) is 5.50. The molecule has 2 aliphatic rings. The van der Waals surface area contributed by atoms with Gasteiger partial charge >= 0.3 is 0 Å². The summed E-state index contributed by atoms with van der Waals surface area (Å²) in [5.74, 6) is 3.36. The van der Waals surface area contributed by atoms with Gasteiger partial charge in [0.1, 0.15) is 10.7 Å². The Morgan fingerprint density at radius 3 is 2.42 bits per heavy atom. The van der Waals surface area contributed by atoms with Crippen molar-refractivity contribution in [2.75, 3.05) is 18.0 Å². The Morgan fingerprint density at radius 2 is 1.83 bits per heavy atom. The summed E-state index contributed by atoms with van der Waals surface area (Å²) in [5, 5.41) is 0. The monoisotopic (exact) mass is 389 g/mol. The van der Waals surface area contributed by atoms with Crippen molar-refractivity contribution < 1.29 is 4.74 Å². The average Bonchev–Trinajstić information content (AvgIpc) is 3.11. The largest absolute Gasteiger partial charge is 0.473 e. The average molecular weight is 390 g/mol. The Hall–Kier alpha value is -1.76. The molecular formula is C17H20BrN5O. The molecular weight excluding hydrogens is 370 g/mol. The summed E-state index contributed by atoms with van der Waals surface area (Å²) in [6.45, 7) is 6.27. The number of ether oxygens (including phenoxy) is 1. The number of hydrogen-bond acceptors (Lipinski definition) is 6. The third kappa shape index (κ3) is 2.97. The van der Waals surface area contributed by atoms with Gasteiger partial charge in [-0.1, -0.05) is 6.92 Å². The van der Waals surface area contributed by atoms with E-state index in [1.807, 2.05) is 12.4 Å². The van der Waals surface area contributed by atoms with Gasteiger partial charge in [-0.15, -0.1) is 0 Å². The summed E-state index contributed by atoms with van der Waals surface area (Å²) in [6, 6.07) is 0. The highest BCUT2D eigenvalue weighted by atomic mass is 79.9. The third-order valence-electron chi connectivity index (χ3n) is 5.09. The van der Waals surface area contributed by atoms with Crippen molar-refractivity contribution in [2.24, 2.45) is 17.8 Å². The number of nitrogens with zero attached hydrogens (tertiary/aromatic N) is 5. The molecule has 24 heavy (non-hydrogen) atoms. The summed E-state index contributed by atoms with van der Waals surface area (Å²) < 4.78 is 6.67. The second-order valence-corrected chi connectivity index (χ2v) is 7.37. The maximum Gasteiger partial charge on any atom is 0.232 e. The van der Waals surface area contributed by atoms with Gasteiger partial charge in [-0.25, -0.2) is 19.9 Å². The van der Waals surface area contributed by atoms with Crippen LogP contribution in [0.4, 0.5) is 5.95 Å². The fourth-order valence-electron chi connectivity index (χ4n) is 3.76. The van der Waals surface area contributed by atoms with Crippen LogP contribution in [0.15, 0.2) is 29.4 Å². The molecule has 3 heterocycles. The topological polar surface area (TPSA) is 64.0 Å². The molecule has 0 aromatic carbocycles. The number of halogens is 1. The summed E-state index contributed by atoms with van der Waals surface area (Å²) >= 11 is 3.28.